The average Bonchev–Trinajstić information content (AvgIpc) is 2.98. The Morgan fingerprint density at radius 1 is 1.30 bits per heavy atom. The lowest BCUT2D eigenvalue weighted by Gasteiger charge is -2.16. The summed E-state index contributed by atoms with van der Waals surface area (Å²) in [6.45, 7) is 3.98. The fourth-order valence-electron chi connectivity index (χ4n) is 2.41. The summed E-state index contributed by atoms with van der Waals surface area (Å²) in [5.74, 6) is 0.609. The van der Waals surface area contributed by atoms with Gasteiger partial charge in [-0.3, -0.25) is 4.79 Å². The number of hydrogen-bond donors (Lipinski definition) is 2. The van der Waals surface area contributed by atoms with Crippen LogP contribution in [0.5, 0.6) is 11.5 Å². The topological polar surface area (TPSA) is 86.5 Å². The van der Waals surface area contributed by atoms with Gasteiger partial charge < -0.3 is 20.5 Å². The molecule has 0 fully saturated rings. The lowest BCUT2D eigenvalue weighted by molar-refractivity contribution is -0.122. The van der Waals surface area contributed by atoms with E-state index in [2.05, 4.69) is 10.3 Å². The van der Waals surface area contributed by atoms with Crippen molar-refractivity contribution in [3.8, 4) is 11.5 Å². The lowest BCUT2D eigenvalue weighted by atomic mass is 10.2. The molecule has 0 saturated heterocycles. The highest BCUT2D eigenvalue weighted by molar-refractivity contribution is 7.22. The van der Waals surface area contributed by atoms with E-state index in [1.807, 2.05) is 6.92 Å². The van der Waals surface area contributed by atoms with Crippen LogP contribution >= 0.6 is 34.5 Å². The van der Waals surface area contributed by atoms with Crippen LogP contribution in [0.1, 0.15) is 13.8 Å². The van der Waals surface area contributed by atoms with E-state index >= 15 is 0 Å². The van der Waals surface area contributed by atoms with Gasteiger partial charge in [0.1, 0.15) is 17.0 Å². The van der Waals surface area contributed by atoms with E-state index in [0.29, 0.717) is 44.5 Å². The molecule has 3 aromatic rings. The van der Waals surface area contributed by atoms with Crippen LogP contribution < -0.4 is 20.5 Å². The first-order valence-corrected chi connectivity index (χ1v) is 9.70. The third kappa shape index (κ3) is 4.55. The number of halogens is 2. The van der Waals surface area contributed by atoms with Gasteiger partial charge in [-0.15, -0.1) is 0 Å². The van der Waals surface area contributed by atoms with Crippen molar-refractivity contribution in [2.24, 2.45) is 0 Å². The van der Waals surface area contributed by atoms with Gasteiger partial charge in [-0.25, -0.2) is 4.98 Å². The zero-order chi connectivity index (χ0) is 19.6. The fourth-order valence-corrected chi connectivity index (χ4v) is 3.66. The second kappa shape index (κ2) is 8.21. The van der Waals surface area contributed by atoms with Crippen LogP contribution in [-0.4, -0.2) is 23.6 Å². The molecule has 9 heteroatoms. The number of benzene rings is 2. The highest BCUT2D eigenvalue weighted by Crippen LogP contribution is 2.35. The van der Waals surface area contributed by atoms with Gasteiger partial charge in [0, 0.05) is 16.8 Å². The molecule has 0 aliphatic rings. The summed E-state index contributed by atoms with van der Waals surface area (Å²) in [5, 5.41) is 4.08. The summed E-state index contributed by atoms with van der Waals surface area (Å²) in [4.78, 5) is 16.8. The average molecular weight is 426 g/mol. The Labute approximate surface area is 170 Å². The Bertz CT molecular complexity index is 993. The van der Waals surface area contributed by atoms with Crippen molar-refractivity contribution in [1.82, 2.24) is 4.98 Å². The molecule has 0 aliphatic heterocycles. The number of nitrogens with one attached hydrogen (secondary N) is 1. The first kappa shape index (κ1) is 19.5. The van der Waals surface area contributed by atoms with E-state index in [-0.39, 0.29) is 5.91 Å². The van der Waals surface area contributed by atoms with Gasteiger partial charge in [-0.05, 0) is 38.1 Å². The molecule has 142 valence electrons. The number of ether oxygens (including phenoxy) is 2. The molecule has 1 amide bonds. The largest absolute Gasteiger partial charge is 0.491 e. The number of hydrogen-bond acceptors (Lipinski definition) is 6. The van der Waals surface area contributed by atoms with Crippen LogP contribution in [0.4, 0.5) is 10.8 Å². The lowest BCUT2D eigenvalue weighted by Crippen LogP contribution is -2.30. The van der Waals surface area contributed by atoms with Crippen LogP contribution in [-0.2, 0) is 4.79 Å². The molecule has 0 unspecified atom stereocenters. The Hall–Kier alpha value is -2.22. The number of nitrogens with zero attached hydrogens (tertiary/aromatic N) is 1. The Morgan fingerprint density at radius 3 is 2.78 bits per heavy atom. The van der Waals surface area contributed by atoms with Crippen molar-refractivity contribution >= 4 is 61.5 Å². The van der Waals surface area contributed by atoms with Crippen LogP contribution in [0, 0.1) is 0 Å². The zero-order valence-electron chi connectivity index (χ0n) is 14.6. The number of thiazole rings is 1. The number of fused-ring (bicyclic) bond motifs is 1. The normalized spacial score (nSPS) is 12.0. The third-order valence-electron chi connectivity index (χ3n) is 3.61. The van der Waals surface area contributed by atoms with Gasteiger partial charge >= 0.3 is 0 Å². The molecule has 27 heavy (non-hydrogen) atoms. The summed E-state index contributed by atoms with van der Waals surface area (Å²) in [6.07, 6.45) is -0.776. The second-order valence-electron chi connectivity index (χ2n) is 5.63. The highest BCUT2D eigenvalue weighted by atomic mass is 35.5. The molecular formula is C18H17Cl2N3O3S. The molecule has 6 nitrogen and oxygen atoms in total. The number of rotatable bonds is 6. The SMILES string of the molecule is CCOc1cc(NC(=O)[C@@H](C)Oc2ccc(Cl)cc2Cl)cc2sc(N)nc12. The van der Waals surface area contributed by atoms with Gasteiger partial charge in [-0.1, -0.05) is 34.5 Å². The van der Waals surface area contributed by atoms with Crippen LogP contribution in [0.15, 0.2) is 30.3 Å². The highest BCUT2D eigenvalue weighted by Gasteiger charge is 2.18. The van der Waals surface area contributed by atoms with Crippen molar-refractivity contribution in [2.45, 2.75) is 20.0 Å². The van der Waals surface area contributed by atoms with E-state index in [1.165, 1.54) is 11.3 Å². The second-order valence-corrected chi connectivity index (χ2v) is 7.54. The molecule has 3 rings (SSSR count). The first-order chi connectivity index (χ1) is 12.9. The summed E-state index contributed by atoms with van der Waals surface area (Å²) in [6, 6.07) is 8.33. The molecule has 0 aliphatic carbocycles. The molecule has 0 spiro atoms. The minimum absolute atomic E-state index is 0.333. The molecule has 2 aromatic carbocycles. The monoisotopic (exact) mass is 425 g/mol. The van der Waals surface area contributed by atoms with Gasteiger partial charge in [-0.2, -0.15) is 0 Å². The zero-order valence-corrected chi connectivity index (χ0v) is 16.9. The van der Waals surface area contributed by atoms with Crippen LogP contribution in [0.2, 0.25) is 10.0 Å². The molecule has 3 N–H and O–H groups in total. The number of carbonyl (C=O) groups is 1. The molecule has 0 saturated carbocycles. The van der Waals surface area contributed by atoms with Crippen LogP contribution in [0.25, 0.3) is 10.2 Å². The van der Waals surface area contributed by atoms with Gasteiger partial charge in [0.25, 0.3) is 5.91 Å². The molecule has 0 bridgehead atoms. The van der Waals surface area contributed by atoms with Crippen molar-refractivity contribution in [1.29, 1.82) is 0 Å². The van der Waals surface area contributed by atoms with Crippen LogP contribution in [0.3, 0.4) is 0 Å². The minimum atomic E-state index is -0.776. The predicted octanol–water partition coefficient (Wildman–Crippen LogP) is 4.99. The quantitative estimate of drug-likeness (QED) is 0.580. The van der Waals surface area contributed by atoms with E-state index < -0.39 is 6.10 Å². The molecule has 1 heterocycles. The number of amides is 1. The summed E-state index contributed by atoms with van der Waals surface area (Å²) in [5.41, 5.74) is 7.03. The standard InChI is InChI=1S/C18H17Cl2N3O3S/c1-3-25-14-7-11(8-15-16(14)23-18(21)27-15)22-17(24)9(2)26-13-5-4-10(19)6-12(13)20/h4-9H,3H2,1-2H3,(H2,21,23)(H,22,24)/t9-/m1/s1. The van der Waals surface area contributed by atoms with Gasteiger partial charge in [0.2, 0.25) is 0 Å². The molecule has 1 atom stereocenters. The Balaban J connectivity index is 1.78. The maximum atomic E-state index is 12.5. The van der Waals surface area contributed by atoms with E-state index in [1.54, 1.807) is 37.3 Å². The van der Waals surface area contributed by atoms with Gasteiger partial charge in [0.15, 0.2) is 11.2 Å². The van der Waals surface area contributed by atoms with Crippen molar-refractivity contribution in [3.63, 3.8) is 0 Å². The Morgan fingerprint density at radius 2 is 2.07 bits per heavy atom. The van der Waals surface area contributed by atoms with E-state index in [9.17, 15) is 4.79 Å². The number of nitrogen functional groups attached to an aromatic ring is 1. The van der Waals surface area contributed by atoms with Crippen molar-refractivity contribution in [2.75, 3.05) is 17.7 Å². The maximum Gasteiger partial charge on any atom is 0.265 e. The molecular weight excluding hydrogens is 409 g/mol. The van der Waals surface area contributed by atoms with E-state index in [4.69, 9.17) is 38.4 Å². The number of carbonyl (C=O) groups excluding carboxylic acids is 1. The minimum Gasteiger partial charge on any atom is -0.491 e. The predicted molar refractivity (Wildman–Crippen MR) is 110 cm³/mol. The maximum absolute atomic E-state index is 12.5. The fraction of sp³-hybridized carbons (Fsp3) is 0.222. The first-order valence-electron chi connectivity index (χ1n) is 8.12. The smallest absolute Gasteiger partial charge is 0.265 e. The van der Waals surface area contributed by atoms with Gasteiger partial charge in [0.05, 0.1) is 16.3 Å². The van der Waals surface area contributed by atoms with Crippen molar-refractivity contribution in [3.05, 3.63) is 40.4 Å². The number of nitrogens with two attached hydrogens (primary N) is 1. The number of anilines is 2. The number of aromatic nitrogens is 1. The Kier molecular flexibility index (Phi) is 5.94. The summed E-state index contributed by atoms with van der Waals surface area (Å²) < 4.78 is 12.1. The summed E-state index contributed by atoms with van der Waals surface area (Å²) in [7, 11) is 0. The molecule has 1 aromatic heterocycles. The van der Waals surface area contributed by atoms with E-state index in [0.717, 1.165) is 4.70 Å². The molecule has 0 radical (unpaired) electrons. The third-order valence-corrected chi connectivity index (χ3v) is 4.97. The summed E-state index contributed by atoms with van der Waals surface area (Å²) >= 11 is 13.3. The van der Waals surface area contributed by atoms with Crippen molar-refractivity contribution < 1.29 is 14.3 Å².